The lowest BCUT2D eigenvalue weighted by molar-refractivity contribution is -0.136. The Labute approximate surface area is 164 Å². The van der Waals surface area contributed by atoms with Crippen molar-refractivity contribution in [2.75, 3.05) is 13.1 Å². The number of rotatable bonds is 4. The van der Waals surface area contributed by atoms with E-state index in [1.54, 1.807) is 4.90 Å². The Morgan fingerprint density at radius 1 is 1.18 bits per heavy atom. The van der Waals surface area contributed by atoms with Crippen LogP contribution in [0.4, 0.5) is 0 Å². The van der Waals surface area contributed by atoms with Crippen LogP contribution in [-0.2, 0) is 22.7 Å². The lowest BCUT2D eigenvalue weighted by Crippen LogP contribution is -2.52. The van der Waals surface area contributed by atoms with Crippen LogP contribution in [0, 0.1) is 5.41 Å². The molecule has 0 aromatic heterocycles. The lowest BCUT2D eigenvalue weighted by Gasteiger charge is -2.39. The first kappa shape index (κ1) is 17.8. The van der Waals surface area contributed by atoms with Crippen molar-refractivity contribution < 1.29 is 14.4 Å². The van der Waals surface area contributed by atoms with Crippen LogP contribution < -0.4 is 16.0 Å². The van der Waals surface area contributed by atoms with Crippen molar-refractivity contribution in [3.8, 4) is 0 Å². The molecule has 2 atom stereocenters. The molecule has 4 aliphatic rings. The second-order valence-corrected chi connectivity index (χ2v) is 8.82. The molecular formula is C21H26N4O3. The Hall–Kier alpha value is -2.25. The van der Waals surface area contributed by atoms with Crippen molar-refractivity contribution in [1.29, 1.82) is 0 Å². The van der Waals surface area contributed by atoms with Crippen LogP contribution in [0.1, 0.15) is 53.6 Å². The molecule has 1 saturated carbocycles. The molecule has 3 N–H and O–H groups in total. The van der Waals surface area contributed by atoms with Crippen LogP contribution in [0.15, 0.2) is 18.2 Å². The van der Waals surface area contributed by atoms with Gasteiger partial charge in [0.1, 0.15) is 6.04 Å². The number of imide groups is 1. The smallest absolute Gasteiger partial charge is 0.255 e. The average molecular weight is 382 g/mol. The highest BCUT2D eigenvalue weighted by Crippen LogP contribution is 2.41. The molecule has 0 radical (unpaired) electrons. The fourth-order valence-electron chi connectivity index (χ4n) is 5.18. The summed E-state index contributed by atoms with van der Waals surface area (Å²) < 4.78 is 0. The van der Waals surface area contributed by atoms with E-state index in [2.05, 4.69) is 22.0 Å². The van der Waals surface area contributed by atoms with Gasteiger partial charge in [-0.2, -0.15) is 0 Å². The fraction of sp³-hybridized carbons (Fsp3) is 0.571. The Kier molecular flexibility index (Phi) is 4.25. The molecule has 1 aromatic rings. The van der Waals surface area contributed by atoms with Gasteiger partial charge in [0.15, 0.2) is 0 Å². The number of amides is 3. The van der Waals surface area contributed by atoms with Crippen LogP contribution >= 0.6 is 0 Å². The molecular weight excluding hydrogens is 356 g/mol. The van der Waals surface area contributed by atoms with Crippen molar-refractivity contribution in [2.24, 2.45) is 5.41 Å². The van der Waals surface area contributed by atoms with Gasteiger partial charge in [0.05, 0.1) is 0 Å². The van der Waals surface area contributed by atoms with Gasteiger partial charge < -0.3 is 15.5 Å². The van der Waals surface area contributed by atoms with E-state index in [1.165, 1.54) is 24.8 Å². The third-order valence-electron chi connectivity index (χ3n) is 6.89. The molecule has 7 heteroatoms. The molecule has 28 heavy (non-hydrogen) atoms. The molecule has 5 rings (SSSR count). The Balaban J connectivity index is 1.23. The second-order valence-electron chi connectivity index (χ2n) is 8.82. The minimum Gasteiger partial charge on any atom is -0.322 e. The third kappa shape index (κ3) is 3.02. The summed E-state index contributed by atoms with van der Waals surface area (Å²) >= 11 is 0. The highest BCUT2D eigenvalue weighted by molar-refractivity contribution is 6.05. The van der Waals surface area contributed by atoms with Gasteiger partial charge in [0, 0.05) is 44.2 Å². The zero-order chi connectivity index (χ0) is 19.3. The molecule has 7 nitrogen and oxygen atoms in total. The Morgan fingerprint density at radius 3 is 2.75 bits per heavy atom. The number of carbonyl (C=O) groups excluding carboxylic acids is 3. The highest BCUT2D eigenvalue weighted by Gasteiger charge is 2.43. The normalized spacial score (nSPS) is 28.4. The highest BCUT2D eigenvalue weighted by atomic mass is 16.2. The van der Waals surface area contributed by atoms with Crippen molar-refractivity contribution in [1.82, 2.24) is 20.9 Å². The third-order valence-corrected chi connectivity index (χ3v) is 6.89. The number of carbonyl (C=O) groups is 3. The van der Waals surface area contributed by atoms with E-state index in [9.17, 15) is 14.4 Å². The monoisotopic (exact) mass is 382 g/mol. The molecule has 148 valence electrons. The minimum absolute atomic E-state index is 0.112. The summed E-state index contributed by atoms with van der Waals surface area (Å²) in [5.41, 5.74) is 3.35. The van der Waals surface area contributed by atoms with E-state index < -0.39 is 6.04 Å². The maximum atomic E-state index is 12.8. The summed E-state index contributed by atoms with van der Waals surface area (Å²) in [5.74, 6) is -0.732. The van der Waals surface area contributed by atoms with Gasteiger partial charge in [0.25, 0.3) is 5.91 Å². The number of hydrogen-bond acceptors (Lipinski definition) is 5. The summed E-state index contributed by atoms with van der Waals surface area (Å²) in [6.07, 6.45) is 4.46. The maximum Gasteiger partial charge on any atom is 0.255 e. The molecule has 0 bridgehead atoms. The van der Waals surface area contributed by atoms with Crippen LogP contribution in [0.3, 0.4) is 0 Å². The van der Waals surface area contributed by atoms with Crippen LogP contribution in [0.5, 0.6) is 0 Å². The van der Waals surface area contributed by atoms with E-state index in [1.807, 2.05) is 12.1 Å². The van der Waals surface area contributed by atoms with Crippen molar-refractivity contribution >= 4 is 17.7 Å². The van der Waals surface area contributed by atoms with Crippen molar-refractivity contribution in [3.05, 3.63) is 34.9 Å². The minimum atomic E-state index is -0.551. The molecule has 3 fully saturated rings. The lowest BCUT2D eigenvalue weighted by atomic mass is 9.80. The summed E-state index contributed by atoms with van der Waals surface area (Å²) in [7, 11) is 0. The van der Waals surface area contributed by atoms with E-state index >= 15 is 0 Å². The summed E-state index contributed by atoms with van der Waals surface area (Å²) in [6, 6.07) is 5.99. The second kappa shape index (κ2) is 6.67. The Bertz CT molecular complexity index is 848. The Morgan fingerprint density at radius 2 is 2.04 bits per heavy atom. The van der Waals surface area contributed by atoms with E-state index in [-0.39, 0.29) is 24.1 Å². The van der Waals surface area contributed by atoms with Crippen LogP contribution in [0.25, 0.3) is 0 Å². The van der Waals surface area contributed by atoms with Gasteiger partial charge >= 0.3 is 0 Å². The van der Waals surface area contributed by atoms with Crippen LogP contribution in [0.2, 0.25) is 0 Å². The van der Waals surface area contributed by atoms with Crippen molar-refractivity contribution in [3.63, 3.8) is 0 Å². The number of nitrogens with zero attached hydrogens (tertiary/aromatic N) is 1. The zero-order valence-corrected chi connectivity index (χ0v) is 15.9. The van der Waals surface area contributed by atoms with E-state index in [4.69, 9.17) is 0 Å². The molecule has 3 heterocycles. The molecule has 2 unspecified atom stereocenters. The van der Waals surface area contributed by atoms with Gasteiger partial charge in [-0.3, -0.25) is 19.7 Å². The topological polar surface area (TPSA) is 90.5 Å². The largest absolute Gasteiger partial charge is 0.322 e. The molecule has 1 aliphatic carbocycles. The average Bonchev–Trinajstić information content (AvgIpc) is 3.22. The number of fused-ring (bicyclic) bond motifs is 1. The van der Waals surface area contributed by atoms with E-state index in [0.29, 0.717) is 30.0 Å². The predicted octanol–water partition coefficient (Wildman–Crippen LogP) is 0.679. The molecule has 2 saturated heterocycles. The van der Waals surface area contributed by atoms with Gasteiger partial charge in [-0.25, -0.2) is 0 Å². The summed E-state index contributed by atoms with van der Waals surface area (Å²) in [5, 5.41) is 9.42. The quantitative estimate of drug-likeness (QED) is 0.667. The maximum absolute atomic E-state index is 12.8. The first-order valence-corrected chi connectivity index (χ1v) is 10.2. The number of benzene rings is 1. The first-order chi connectivity index (χ1) is 13.5. The number of piperidine rings is 1. The SMILES string of the molecule is O=C1CCC(N2Cc3cc(CNC4CCC5(CNC5)C4)ccc3C2=O)C(=O)N1. The standard InChI is InChI=1S/C21H26N4O3/c26-18-4-3-17(19(27)24-18)25-10-14-7-13(1-2-16(14)20(25)28)9-23-15-5-6-21(8-15)11-22-12-21/h1-2,7,15,17,22-23H,3-6,8-12H2,(H,24,26,27). The van der Waals surface area contributed by atoms with E-state index in [0.717, 1.165) is 25.2 Å². The molecule has 3 aliphatic heterocycles. The predicted molar refractivity (Wildman–Crippen MR) is 102 cm³/mol. The van der Waals surface area contributed by atoms with Crippen LogP contribution in [-0.4, -0.2) is 47.8 Å². The molecule has 1 spiro atoms. The van der Waals surface area contributed by atoms with Crippen molar-refractivity contribution in [2.45, 2.75) is 57.3 Å². The first-order valence-electron chi connectivity index (χ1n) is 10.2. The number of nitrogens with one attached hydrogen (secondary N) is 3. The van der Waals surface area contributed by atoms with Gasteiger partial charge in [-0.05, 0) is 48.3 Å². The van der Waals surface area contributed by atoms with Gasteiger partial charge in [0.2, 0.25) is 11.8 Å². The zero-order valence-electron chi connectivity index (χ0n) is 15.9. The molecule has 3 amide bonds. The number of hydrogen-bond donors (Lipinski definition) is 3. The summed E-state index contributed by atoms with van der Waals surface area (Å²) in [4.78, 5) is 37.9. The molecule has 1 aromatic carbocycles. The van der Waals surface area contributed by atoms with Gasteiger partial charge in [-0.1, -0.05) is 12.1 Å². The van der Waals surface area contributed by atoms with Gasteiger partial charge in [-0.15, -0.1) is 0 Å². The summed E-state index contributed by atoms with van der Waals surface area (Å²) in [6.45, 7) is 3.55. The fourth-order valence-corrected chi connectivity index (χ4v) is 5.18.